The number of hydrogen-bond acceptors (Lipinski definition) is 2. The Labute approximate surface area is 119 Å². The zero-order valence-corrected chi connectivity index (χ0v) is 13.3. The van der Waals surface area contributed by atoms with Crippen LogP contribution in [0.2, 0.25) is 0 Å². The third kappa shape index (κ3) is 2.57. The minimum atomic E-state index is 0.287. The summed E-state index contributed by atoms with van der Waals surface area (Å²) in [5.41, 5.74) is 2.94. The molecule has 1 saturated heterocycles. The van der Waals surface area contributed by atoms with Crippen LogP contribution in [0.3, 0.4) is 0 Å². The molecule has 0 bridgehead atoms. The molecule has 0 spiro atoms. The molecule has 1 unspecified atom stereocenters. The van der Waals surface area contributed by atoms with Crippen LogP contribution in [0.5, 0.6) is 0 Å². The van der Waals surface area contributed by atoms with Gasteiger partial charge in [-0.15, -0.1) is 0 Å². The van der Waals surface area contributed by atoms with Gasteiger partial charge in [-0.25, -0.2) is 0 Å². The lowest BCUT2D eigenvalue weighted by atomic mass is 10.0. The van der Waals surface area contributed by atoms with Gasteiger partial charge in [0, 0.05) is 28.3 Å². The van der Waals surface area contributed by atoms with Crippen molar-refractivity contribution in [1.29, 1.82) is 0 Å². The molecule has 1 N–H and O–H groups in total. The van der Waals surface area contributed by atoms with Crippen LogP contribution in [0.4, 0.5) is 5.69 Å². The molecule has 2 rings (SSSR count). The van der Waals surface area contributed by atoms with Crippen LogP contribution in [0.1, 0.15) is 45.2 Å². The molecule has 0 aliphatic carbocycles. The highest BCUT2D eigenvalue weighted by Gasteiger charge is 2.32. The average molecular weight is 311 g/mol. The third-order valence-corrected chi connectivity index (χ3v) is 4.78. The van der Waals surface area contributed by atoms with E-state index in [4.69, 9.17) is 0 Å². The molecule has 1 heterocycles. The van der Waals surface area contributed by atoms with Crippen molar-refractivity contribution in [2.24, 2.45) is 0 Å². The molecule has 0 amide bonds. The van der Waals surface area contributed by atoms with Gasteiger partial charge in [0.1, 0.15) is 0 Å². The zero-order valence-electron chi connectivity index (χ0n) is 11.8. The lowest BCUT2D eigenvalue weighted by Crippen LogP contribution is -2.38. The first-order valence-electron chi connectivity index (χ1n) is 6.70. The highest BCUT2D eigenvalue weighted by atomic mass is 79.9. The van der Waals surface area contributed by atoms with Crippen LogP contribution in [0.25, 0.3) is 0 Å². The fourth-order valence-electron chi connectivity index (χ4n) is 2.78. The Kier molecular flexibility index (Phi) is 4.02. The quantitative estimate of drug-likeness (QED) is 0.904. The molecule has 1 aliphatic heterocycles. The van der Waals surface area contributed by atoms with E-state index in [1.54, 1.807) is 0 Å². The predicted octanol–water partition coefficient (Wildman–Crippen LogP) is 4.11. The van der Waals surface area contributed by atoms with Crippen LogP contribution in [-0.2, 0) is 0 Å². The first kappa shape index (κ1) is 13.9. The Morgan fingerprint density at radius 1 is 1.39 bits per heavy atom. The van der Waals surface area contributed by atoms with E-state index < -0.39 is 0 Å². The molecule has 3 heteroatoms. The molecule has 0 radical (unpaired) electrons. The van der Waals surface area contributed by atoms with E-state index in [1.165, 1.54) is 35.1 Å². The number of hydrogen-bond donors (Lipinski definition) is 1. The van der Waals surface area contributed by atoms with Gasteiger partial charge in [0.2, 0.25) is 0 Å². The Morgan fingerprint density at radius 2 is 2.11 bits per heavy atom. The minimum absolute atomic E-state index is 0.287. The average Bonchev–Trinajstić information content (AvgIpc) is 2.68. The first-order chi connectivity index (χ1) is 8.45. The van der Waals surface area contributed by atoms with Crippen LogP contribution in [0.15, 0.2) is 22.7 Å². The summed E-state index contributed by atoms with van der Waals surface area (Å²) in [6.45, 7) is 8.01. The molecule has 0 aromatic heterocycles. The predicted molar refractivity (Wildman–Crippen MR) is 82.3 cm³/mol. The lowest BCUT2D eigenvalue weighted by Gasteiger charge is -2.34. The van der Waals surface area contributed by atoms with Crippen molar-refractivity contribution in [3.05, 3.63) is 28.2 Å². The fourth-order valence-corrected chi connectivity index (χ4v) is 3.49. The van der Waals surface area contributed by atoms with Crippen LogP contribution in [0, 0.1) is 0 Å². The van der Waals surface area contributed by atoms with Gasteiger partial charge in [0.05, 0.1) is 0 Å². The second-order valence-electron chi connectivity index (χ2n) is 5.78. The van der Waals surface area contributed by atoms with E-state index in [0.29, 0.717) is 6.04 Å². The number of nitrogens with zero attached hydrogens (tertiary/aromatic N) is 1. The minimum Gasteiger partial charge on any atom is -0.366 e. The van der Waals surface area contributed by atoms with Gasteiger partial charge in [-0.05, 0) is 58.4 Å². The van der Waals surface area contributed by atoms with Crippen LogP contribution in [-0.4, -0.2) is 19.1 Å². The maximum atomic E-state index is 3.71. The fraction of sp³-hybridized carbons (Fsp3) is 0.600. The number of rotatable bonds is 3. The smallest absolute Gasteiger partial charge is 0.0382 e. The monoisotopic (exact) mass is 310 g/mol. The molecular weight excluding hydrogens is 288 g/mol. The number of nitrogens with one attached hydrogen (secondary N) is 1. The van der Waals surface area contributed by atoms with E-state index in [9.17, 15) is 0 Å². The normalized spacial score (nSPS) is 20.2. The van der Waals surface area contributed by atoms with Gasteiger partial charge in [0.25, 0.3) is 0 Å². The van der Waals surface area contributed by atoms with Gasteiger partial charge in [0.15, 0.2) is 0 Å². The molecular formula is C15H23BrN2. The van der Waals surface area contributed by atoms with Crippen molar-refractivity contribution >= 4 is 21.6 Å². The Hall–Kier alpha value is -0.540. The molecule has 1 aromatic rings. The lowest BCUT2D eigenvalue weighted by molar-refractivity contribution is 0.518. The van der Waals surface area contributed by atoms with Crippen molar-refractivity contribution in [2.45, 2.75) is 45.2 Å². The van der Waals surface area contributed by atoms with Crippen molar-refractivity contribution in [1.82, 2.24) is 5.32 Å². The summed E-state index contributed by atoms with van der Waals surface area (Å²) in [4.78, 5) is 2.52. The molecule has 1 fully saturated rings. The molecule has 2 nitrogen and oxygen atoms in total. The van der Waals surface area contributed by atoms with Gasteiger partial charge in [-0.3, -0.25) is 0 Å². The van der Waals surface area contributed by atoms with Crippen molar-refractivity contribution in [3.63, 3.8) is 0 Å². The van der Waals surface area contributed by atoms with Gasteiger partial charge in [-0.2, -0.15) is 0 Å². The number of anilines is 1. The largest absolute Gasteiger partial charge is 0.366 e. The van der Waals surface area contributed by atoms with Crippen LogP contribution >= 0.6 is 15.9 Å². The Balaban J connectivity index is 2.29. The summed E-state index contributed by atoms with van der Waals surface area (Å²) >= 11 is 3.71. The Morgan fingerprint density at radius 3 is 2.61 bits per heavy atom. The molecule has 1 atom stereocenters. The summed E-state index contributed by atoms with van der Waals surface area (Å²) < 4.78 is 1.20. The molecule has 1 aromatic carbocycles. The molecule has 100 valence electrons. The topological polar surface area (TPSA) is 15.3 Å². The second kappa shape index (κ2) is 5.22. The van der Waals surface area contributed by atoms with Gasteiger partial charge >= 0.3 is 0 Å². The highest BCUT2D eigenvalue weighted by molar-refractivity contribution is 9.10. The van der Waals surface area contributed by atoms with E-state index in [0.717, 1.165) is 0 Å². The second-order valence-corrected chi connectivity index (χ2v) is 6.64. The van der Waals surface area contributed by atoms with Crippen molar-refractivity contribution < 1.29 is 0 Å². The number of halogens is 1. The SMILES string of the molecule is CNC(C)c1ccc(N2CCCC2(C)C)cc1Br. The molecule has 0 saturated carbocycles. The standard InChI is InChI=1S/C15H23BrN2/c1-11(17-4)13-7-6-12(10-14(13)16)18-9-5-8-15(18,2)3/h6-7,10-11,17H,5,8-9H2,1-4H3. The van der Waals surface area contributed by atoms with Crippen molar-refractivity contribution in [2.75, 3.05) is 18.5 Å². The molecule has 1 aliphatic rings. The van der Waals surface area contributed by atoms with E-state index in [-0.39, 0.29) is 5.54 Å². The van der Waals surface area contributed by atoms with Crippen molar-refractivity contribution in [3.8, 4) is 0 Å². The summed E-state index contributed by atoms with van der Waals surface area (Å²) in [5.74, 6) is 0. The van der Waals surface area contributed by atoms with E-state index in [1.807, 2.05) is 7.05 Å². The van der Waals surface area contributed by atoms with Gasteiger partial charge < -0.3 is 10.2 Å². The van der Waals surface area contributed by atoms with Crippen LogP contribution < -0.4 is 10.2 Å². The molecule has 18 heavy (non-hydrogen) atoms. The summed E-state index contributed by atoms with van der Waals surface area (Å²) in [6, 6.07) is 7.12. The van der Waals surface area contributed by atoms with Gasteiger partial charge in [-0.1, -0.05) is 22.0 Å². The number of benzene rings is 1. The first-order valence-corrected chi connectivity index (χ1v) is 7.49. The maximum absolute atomic E-state index is 3.71. The summed E-state index contributed by atoms with van der Waals surface area (Å²) in [7, 11) is 1.99. The summed E-state index contributed by atoms with van der Waals surface area (Å²) in [6.07, 6.45) is 2.57. The summed E-state index contributed by atoms with van der Waals surface area (Å²) in [5, 5.41) is 3.28. The third-order valence-electron chi connectivity index (χ3n) is 4.10. The highest BCUT2D eigenvalue weighted by Crippen LogP contribution is 2.36. The zero-order chi connectivity index (χ0) is 13.3. The maximum Gasteiger partial charge on any atom is 0.0382 e. The van der Waals surface area contributed by atoms with E-state index in [2.05, 4.69) is 65.1 Å². The Bertz CT molecular complexity index is 429. The van der Waals surface area contributed by atoms with E-state index >= 15 is 0 Å².